The van der Waals surface area contributed by atoms with Crippen LogP contribution in [0.5, 0.6) is 0 Å². The molecule has 2 aromatic carbocycles. The number of aromatic nitrogens is 1. The molecule has 0 saturated heterocycles. The number of hydrogen-bond donors (Lipinski definition) is 1. The monoisotopic (exact) mass is 492 g/mol. The molecule has 1 aliphatic rings. The van der Waals surface area contributed by atoms with Crippen molar-refractivity contribution in [2.45, 2.75) is 45.3 Å². The van der Waals surface area contributed by atoms with Crippen LogP contribution in [0.3, 0.4) is 0 Å². The first-order valence-corrected chi connectivity index (χ1v) is 11.4. The molecular formula is C26H25BrN2O3. The van der Waals surface area contributed by atoms with E-state index in [4.69, 9.17) is 0 Å². The van der Waals surface area contributed by atoms with Crippen molar-refractivity contribution in [3.63, 3.8) is 0 Å². The highest BCUT2D eigenvalue weighted by Gasteiger charge is 2.51. The molecule has 0 aliphatic carbocycles. The van der Waals surface area contributed by atoms with Crippen LogP contribution in [0.15, 0.2) is 65.4 Å². The smallest absolute Gasteiger partial charge is 0.264 e. The third-order valence-electron chi connectivity index (χ3n) is 6.06. The molecule has 0 bridgehead atoms. The van der Waals surface area contributed by atoms with E-state index in [0.29, 0.717) is 29.3 Å². The molecule has 5 nitrogen and oxygen atoms in total. The minimum Gasteiger partial charge on any atom is -0.375 e. The summed E-state index contributed by atoms with van der Waals surface area (Å²) >= 11 is 3.44. The van der Waals surface area contributed by atoms with Gasteiger partial charge in [0, 0.05) is 28.0 Å². The van der Waals surface area contributed by atoms with Gasteiger partial charge in [-0.2, -0.15) is 0 Å². The van der Waals surface area contributed by atoms with Crippen molar-refractivity contribution in [3.8, 4) is 0 Å². The third kappa shape index (κ3) is 4.00. The molecule has 32 heavy (non-hydrogen) atoms. The molecule has 0 saturated carbocycles. The zero-order valence-corrected chi connectivity index (χ0v) is 19.9. The number of halogens is 1. The van der Waals surface area contributed by atoms with Crippen LogP contribution >= 0.6 is 15.9 Å². The first kappa shape index (κ1) is 22.4. The van der Waals surface area contributed by atoms with Crippen molar-refractivity contribution in [2.24, 2.45) is 0 Å². The normalized spacial score (nSPS) is 17.7. The SMILES string of the molecule is Cc1ccc(C(C)C)cc1CN1C(=O)C(O)(CC(=O)c2cccnc2)c2cc(Br)ccc21. The van der Waals surface area contributed by atoms with Gasteiger partial charge in [-0.05, 0) is 59.9 Å². The fraction of sp³-hybridized carbons (Fsp3) is 0.269. The Morgan fingerprint density at radius 1 is 1.19 bits per heavy atom. The van der Waals surface area contributed by atoms with Crippen molar-refractivity contribution in [1.29, 1.82) is 0 Å². The van der Waals surface area contributed by atoms with Crippen LogP contribution < -0.4 is 4.90 Å². The topological polar surface area (TPSA) is 70.5 Å². The second kappa shape index (κ2) is 8.60. The van der Waals surface area contributed by atoms with Crippen molar-refractivity contribution in [3.05, 3.63) is 93.2 Å². The standard InChI is InChI=1S/C26H25BrN2O3/c1-16(2)18-7-6-17(3)20(11-18)15-29-23-9-8-21(27)12-22(23)26(32,25(29)31)13-24(30)19-5-4-10-28-14-19/h4-12,14,16,32H,13,15H2,1-3H3. The van der Waals surface area contributed by atoms with E-state index in [1.807, 2.05) is 19.1 Å². The Morgan fingerprint density at radius 2 is 1.97 bits per heavy atom. The number of Topliss-reactive ketones (excluding diaryl/α,β-unsaturated/α-hetero) is 1. The summed E-state index contributed by atoms with van der Waals surface area (Å²) in [6.45, 7) is 6.60. The molecule has 1 amide bonds. The van der Waals surface area contributed by atoms with E-state index >= 15 is 0 Å². The number of ketones is 1. The molecular weight excluding hydrogens is 468 g/mol. The van der Waals surface area contributed by atoms with Gasteiger partial charge >= 0.3 is 0 Å². The van der Waals surface area contributed by atoms with Crippen molar-refractivity contribution in [1.82, 2.24) is 4.98 Å². The van der Waals surface area contributed by atoms with Crippen LogP contribution in [0.2, 0.25) is 0 Å². The van der Waals surface area contributed by atoms with E-state index in [0.717, 1.165) is 15.6 Å². The number of hydrogen-bond acceptors (Lipinski definition) is 4. The number of aryl methyl sites for hydroxylation is 1. The van der Waals surface area contributed by atoms with E-state index < -0.39 is 11.5 Å². The average Bonchev–Trinajstić information content (AvgIpc) is 2.97. The number of nitrogens with zero attached hydrogens (tertiary/aromatic N) is 2. The predicted octanol–water partition coefficient (Wildman–Crippen LogP) is 5.28. The Hall–Kier alpha value is -2.83. The number of anilines is 1. The number of aliphatic hydroxyl groups is 1. The molecule has 1 aromatic heterocycles. The highest BCUT2D eigenvalue weighted by molar-refractivity contribution is 9.10. The van der Waals surface area contributed by atoms with Gasteiger partial charge in [-0.1, -0.05) is 48.0 Å². The van der Waals surface area contributed by atoms with Gasteiger partial charge in [-0.25, -0.2) is 0 Å². The summed E-state index contributed by atoms with van der Waals surface area (Å²) in [5.41, 5.74) is 2.76. The lowest BCUT2D eigenvalue weighted by Crippen LogP contribution is -2.41. The summed E-state index contributed by atoms with van der Waals surface area (Å²) in [6, 6.07) is 14.9. The van der Waals surface area contributed by atoms with Gasteiger partial charge in [-0.15, -0.1) is 0 Å². The second-order valence-corrected chi connectivity index (χ2v) is 9.51. The third-order valence-corrected chi connectivity index (χ3v) is 6.56. The minimum absolute atomic E-state index is 0.323. The van der Waals surface area contributed by atoms with E-state index in [2.05, 4.69) is 53.0 Å². The first-order chi connectivity index (χ1) is 15.2. The van der Waals surface area contributed by atoms with Crippen LogP contribution in [0.4, 0.5) is 5.69 Å². The number of benzene rings is 2. The van der Waals surface area contributed by atoms with Crippen LogP contribution in [-0.4, -0.2) is 21.8 Å². The lowest BCUT2D eigenvalue weighted by molar-refractivity contribution is -0.136. The Morgan fingerprint density at radius 3 is 2.66 bits per heavy atom. The molecule has 2 heterocycles. The summed E-state index contributed by atoms with van der Waals surface area (Å²) in [6.07, 6.45) is 2.68. The average molecular weight is 493 g/mol. The summed E-state index contributed by atoms with van der Waals surface area (Å²) < 4.78 is 0.733. The predicted molar refractivity (Wildman–Crippen MR) is 128 cm³/mol. The van der Waals surface area contributed by atoms with E-state index in [1.54, 1.807) is 29.3 Å². The van der Waals surface area contributed by atoms with Crippen molar-refractivity contribution < 1.29 is 14.7 Å². The number of amides is 1. The minimum atomic E-state index is -1.93. The first-order valence-electron chi connectivity index (χ1n) is 10.6. The molecule has 164 valence electrons. The Balaban J connectivity index is 1.73. The summed E-state index contributed by atoms with van der Waals surface area (Å²) in [5, 5.41) is 11.6. The quantitative estimate of drug-likeness (QED) is 0.475. The highest BCUT2D eigenvalue weighted by Crippen LogP contribution is 2.45. The van der Waals surface area contributed by atoms with E-state index in [-0.39, 0.29) is 12.2 Å². The lowest BCUT2D eigenvalue weighted by Gasteiger charge is -2.23. The fourth-order valence-corrected chi connectivity index (χ4v) is 4.46. The highest BCUT2D eigenvalue weighted by atomic mass is 79.9. The Labute approximate surface area is 196 Å². The molecule has 1 aliphatic heterocycles. The molecule has 1 unspecified atom stereocenters. The molecule has 4 rings (SSSR count). The largest absolute Gasteiger partial charge is 0.375 e. The van der Waals surface area contributed by atoms with E-state index in [9.17, 15) is 14.7 Å². The number of carbonyl (C=O) groups is 2. The zero-order valence-electron chi connectivity index (χ0n) is 18.3. The van der Waals surface area contributed by atoms with Crippen molar-refractivity contribution >= 4 is 33.3 Å². The number of carbonyl (C=O) groups excluding carboxylic acids is 2. The summed E-state index contributed by atoms with van der Waals surface area (Å²) in [5.74, 6) is -0.460. The van der Waals surface area contributed by atoms with Gasteiger partial charge in [0.05, 0.1) is 18.7 Å². The maximum Gasteiger partial charge on any atom is 0.264 e. The summed E-state index contributed by atoms with van der Waals surface area (Å²) in [7, 11) is 0. The van der Waals surface area contributed by atoms with Gasteiger partial charge < -0.3 is 10.0 Å². The number of pyridine rings is 1. The van der Waals surface area contributed by atoms with Crippen LogP contribution in [0.25, 0.3) is 0 Å². The maximum absolute atomic E-state index is 13.6. The molecule has 0 fully saturated rings. The number of fused-ring (bicyclic) bond motifs is 1. The lowest BCUT2D eigenvalue weighted by atomic mass is 9.88. The molecule has 6 heteroatoms. The van der Waals surface area contributed by atoms with Crippen LogP contribution in [0.1, 0.15) is 58.8 Å². The molecule has 1 atom stereocenters. The van der Waals surface area contributed by atoms with Gasteiger partial charge in [0.1, 0.15) is 0 Å². The van der Waals surface area contributed by atoms with Crippen LogP contribution in [-0.2, 0) is 16.9 Å². The van der Waals surface area contributed by atoms with Gasteiger partial charge in [-0.3, -0.25) is 14.6 Å². The van der Waals surface area contributed by atoms with Crippen molar-refractivity contribution in [2.75, 3.05) is 4.90 Å². The molecule has 0 spiro atoms. The molecule has 1 N–H and O–H groups in total. The number of rotatable bonds is 6. The Kier molecular flexibility index (Phi) is 6.01. The Bertz CT molecular complexity index is 1190. The maximum atomic E-state index is 13.6. The molecule has 3 aromatic rings. The second-order valence-electron chi connectivity index (χ2n) is 8.60. The van der Waals surface area contributed by atoms with Gasteiger partial charge in [0.15, 0.2) is 11.4 Å². The summed E-state index contributed by atoms with van der Waals surface area (Å²) in [4.78, 5) is 32.1. The fourth-order valence-electron chi connectivity index (χ4n) is 4.10. The zero-order chi connectivity index (χ0) is 23.0. The van der Waals surface area contributed by atoms with Gasteiger partial charge in [0.2, 0.25) is 0 Å². The van der Waals surface area contributed by atoms with Gasteiger partial charge in [0.25, 0.3) is 5.91 Å². The molecule has 0 radical (unpaired) electrons. The van der Waals surface area contributed by atoms with Crippen LogP contribution in [0, 0.1) is 6.92 Å². The van der Waals surface area contributed by atoms with E-state index in [1.165, 1.54) is 11.8 Å².